The average molecular weight is 199 g/mol. The van der Waals surface area contributed by atoms with Gasteiger partial charge in [0.1, 0.15) is 0 Å². The van der Waals surface area contributed by atoms with Gasteiger partial charge in [0.05, 0.1) is 5.92 Å². The highest BCUT2D eigenvalue weighted by molar-refractivity contribution is 5.69. The van der Waals surface area contributed by atoms with Gasteiger partial charge in [-0.25, -0.2) is 0 Å². The summed E-state index contributed by atoms with van der Waals surface area (Å²) >= 11 is 0. The second kappa shape index (κ2) is 5.35. The van der Waals surface area contributed by atoms with E-state index in [0.29, 0.717) is 5.92 Å². The van der Waals surface area contributed by atoms with Crippen molar-refractivity contribution in [3.8, 4) is 0 Å². The molecule has 0 aromatic rings. The zero-order valence-corrected chi connectivity index (χ0v) is 9.20. The van der Waals surface area contributed by atoms with Crippen LogP contribution >= 0.6 is 0 Å². The number of hydrogen-bond donors (Lipinski definition) is 1. The van der Waals surface area contributed by atoms with Crippen molar-refractivity contribution in [2.24, 2.45) is 11.8 Å². The first-order chi connectivity index (χ1) is 6.65. The molecule has 3 heteroatoms. The molecule has 1 N–H and O–H groups in total. The Labute approximate surface area is 86.1 Å². The lowest BCUT2D eigenvalue weighted by Gasteiger charge is -2.33. The van der Waals surface area contributed by atoms with E-state index in [-0.39, 0.29) is 5.92 Å². The highest BCUT2D eigenvalue weighted by Gasteiger charge is 2.27. The number of aliphatic carboxylic acids is 1. The van der Waals surface area contributed by atoms with Gasteiger partial charge in [-0.3, -0.25) is 4.79 Å². The molecule has 1 atom stereocenters. The minimum Gasteiger partial charge on any atom is -0.481 e. The van der Waals surface area contributed by atoms with E-state index in [0.717, 1.165) is 32.5 Å². The monoisotopic (exact) mass is 199 g/mol. The number of carboxylic acid groups (broad SMARTS) is 1. The Balaban J connectivity index is 2.31. The summed E-state index contributed by atoms with van der Waals surface area (Å²) in [5.41, 5.74) is 0. The molecule has 0 spiro atoms. The Morgan fingerprint density at radius 1 is 1.50 bits per heavy atom. The van der Waals surface area contributed by atoms with Crippen molar-refractivity contribution in [3.05, 3.63) is 0 Å². The van der Waals surface area contributed by atoms with Crippen LogP contribution in [0.15, 0.2) is 0 Å². The lowest BCUT2D eigenvalue weighted by molar-refractivity contribution is -0.143. The van der Waals surface area contributed by atoms with E-state index < -0.39 is 5.97 Å². The maximum atomic E-state index is 10.8. The van der Waals surface area contributed by atoms with Crippen LogP contribution in [0.3, 0.4) is 0 Å². The minimum atomic E-state index is -0.640. The highest BCUT2D eigenvalue weighted by Crippen LogP contribution is 2.24. The number of likely N-dealkylation sites (tertiary alicyclic amines) is 1. The van der Waals surface area contributed by atoms with Crippen LogP contribution in [0.2, 0.25) is 0 Å². The van der Waals surface area contributed by atoms with Gasteiger partial charge in [0.2, 0.25) is 0 Å². The summed E-state index contributed by atoms with van der Waals surface area (Å²) in [6.07, 6.45) is 3.29. The molecule has 14 heavy (non-hydrogen) atoms. The molecular formula is C11H21NO2. The zero-order chi connectivity index (χ0) is 10.6. The fourth-order valence-electron chi connectivity index (χ4n) is 2.19. The van der Waals surface area contributed by atoms with Gasteiger partial charge in [-0.15, -0.1) is 0 Å². The van der Waals surface area contributed by atoms with Gasteiger partial charge >= 0.3 is 5.97 Å². The van der Waals surface area contributed by atoms with E-state index in [1.54, 1.807) is 0 Å². The van der Waals surface area contributed by atoms with Gasteiger partial charge in [-0.05, 0) is 44.8 Å². The van der Waals surface area contributed by atoms with Crippen LogP contribution in [-0.4, -0.2) is 35.6 Å². The fraction of sp³-hybridized carbons (Fsp3) is 0.909. The lowest BCUT2D eigenvalue weighted by atomic mass is 9.85. The van der Waals surface area contributed by atoms with Crippen LogP contribution in [0.5, 0.6) is 0 Å². The smallest absolute Gasteiger partial charge is 0.306 e. The quantitative estimate of drug-likeness (QED) is 0.751. The summed E-state index contributed by atoms with van der Waals surface area (Å²) < 4.78 is 0. The topological polar surface area (TPSA) is 40.5 Å². The number of carbonyl (C=O) groups is 1. The zero-order valence-electron chi connectivity index (χ0n) is 9.20. The van der Waals surface area contributed by atoms with Crippen molar-refractivity contribution in [1.29, 1.82) is 0 Å². The molecule has 1 rings (SSSR count). The molecule has 1 saturated heterocycles. The molecule has 1 aliphatic heterocycles. The summed E-state index contributed by atoms with van der Waals surface area (Å²) in [6.45, 7) is 7.34. The Morgan fingerprint density at radius 2 is 2.07 bits per heavy atom. The van der Waals surface area contributed by atoms with Crippen LogP contribution in [0, 0.1) is 11.8 Å². The Bertz CT molecular complexity index is 186. The highest BCUT2D eigenvalue weighted by atomic mass is 16.4. The van der Waals surface area contributed by atoms with Gasteiger partial charge in [0.25, 0.3) is 0 Å². The van der Waals surface area contributed by atoms with Crippen molar-refractivity contribution in [2.75, 3.05) is 19.6 Å². The van der Waals surface area contributed by atoms with Crippen molar-refractivity contribution < 1.29 is 9.90 Å². The normalized spacial score (nSPS) is 22.1. The number of piperidine rings is 1. The molecule has 0 bridgehead atoms. The van der Waals surface area contributed by atoms with E-state index in [9.17, 15) is 4.79 Å². The largest absolute Gasteiger partial charge is 0.481 e. The summed E-state index contributed by atoms with van der Waals surface area (Å²) in [5, 5.41) is 8.89. The number of hydrogen-bond acceptors (Lipinski definition) is 2. The first-order valence-corrected chi connectivity index (χ1v) is 5.60. The molecule has 1 fully saturated rings. The van der Waals surface area contributed by atoms with Gasteiger partial charge in [-0.1, -0.05) is 13.8 Å². The van der Waals surface area contributed by atoms with Crippen molar-refractivity contribution in [1.82, 2.24) is 4.90 Å². The van der Waals surface area contributed by atoms with Gasteiger partial charge in [-0.2, -0.15) is 0 Å². The second-order valence-corrected chi connectivity index (χ2v) is 4.31. The minimum absolute atomic E-state index is 0.168. The molecule has 0 aromatic carbocycles. The van der Waals surface area contributed by atoms with Crippen LogP contribution < -0.4 is 0 Å². The molecular weight excluding hydrogens is 178 g/mol. The number of rotatable bonds is 4. The van der Waals surface area contributed by atoms with Crippen LogP contribution in [0.1, 0.15) is 33.1 Å². The van der Waals surface area contributed by atoms with E-state index in [1.165, 1.54) is 6.42 Å². The third kappa shape index (κ3) is 2.98. The van der Waals surface area contributed by atoms with E-state index >= 15 is 0 Å². The predicted octanol–water partition coefficient (Wildman–Crippen LogP) is 1.83. The molecule has 1 unspecified atom stereocenters. The Kier molecular flexibility index (Phi) is 4.39. The summed E-state index contributed by atoms with van der Waals surface area (Å²) in [4.78, 5) is 13.2. The molecule has 82 valence electrons. The Morgan fingerprint density at radius 3 is 2.50 bits per heavy atom. The first-order valence-electron chi connectivity index (χ1n) is 5.60. The lowest BCUT2D eigenvalue weighted by Crippen LogP contribution is -2.37. The van der Waals surface area contributed by atoms with Crippen molar-refractivity contribution in [2.45, 2.75) is 33.1 Å². The third-order valence-electron chi connectivity index (χ3n) is 3.27. The third-order valence-corrected chi connectivity index (χ3v) is 3.27. The molecule has 3 nitrogen and oxygen atoms in total. The maximum Gasteiger partial charge on any atom is 0.306 e. The maximum absolute atomic E-state index is 10.8. The summed E-state index contributed by atoms with van der Waals surface area (Å²) in [5.74, 6) is -0.418. The molecule has 0 aromatic heterocycles. The SMILES string of the molecule is CCCN1CCC(C(C)C(=O)O)CC1. The van der Waals surface area contributed by atoms with Gasteiger partial charge in [0, 0.05) is 0 Å². The van der Waals surface area contributed by atoms with Crippen LogP contribution in [-0.2, 0) is 4.79 Å². The van der Waals surface area contributed by atoms with Crippen molar-refractivity contribution >= 4 is 5.97 Å². The van der Waals surface area contributed by atoms with E-state index in [2.05, 4.69) is 11.8 Å². The molecule has 0 amide bonds. The van der Waals surface area contributed by atoms with Crippen LogP contribution in [0.4, 0.5) is 0 Å². The molecule has 0 aliphatic carbocycles. The van der Waals surface area contributed by atoms with Crippen molar-refractivity contribution in [3.63, 3.8) is 0 Å². The average Bonchev–Trinajstić information content (AvgIpc) is 2.18. The summed E-state index contributed by atoms with van der Waals surface area (Å²) in [6, 6.07) is 0. The molecule has 1 aliphatic rings. The van der Waals surface area contributed by atoms with Gasteiger partial charge < -0.3 is 10.0 Å². The van der Waals surface area contributed by atoms with E-state index in [1.807, 2.05) is 6.92 Å². The van der Waals surface area contributed by atoms with Crippen LogP contribution in [0.25, 0.3) is 0 Å². The first kappa shape index (κ1) is 11.5. The number of nitrogens with zero attached hydrogens (tertiary/aromatic N) is 1. The van der Waals surface area contributed by atoms with Gasteiger partial charge in [0.15, 0.2) is 0 Å². The molecule has 0 saturated carbocycles. The predicted molar refractivity (Wildman–Crippen MR) is 56.3 cm³/mol. The molecule has 1 heterocycles. The standard InChI is InChI=1S/C11H21NO2/c1-3-6-12-7-4-10(5-8-12)9(2)11(13)14/h9-10H,3-8H2,1-2H3,(H,13,14). The fourth-order valence-corrected chi connectivity index (χ4v) is 2.19. The number of carboxylic acids is 1. The Hall–Kier alpha value is -0.570. The summed E-state index contributed by atoms with van der Waals surface area (Å²) in [7, 11) is 0. The molecule has 0 radical (unpaired) electrons. The second-order valence-electron chi connectivity index (χ2n) is 4.31. The van der Waals surface area contributed by atoms with E-state index in [4.69, 9.17) is 5.11 Å².